The van der Waals surface area contributed by atoms with Gasteiger partial charge in [0, 0.05) is 12.4 Å². The van der Waals surface area contributed by atoms with Crippen LogP contribution in [0.25, 0.3) is 5.82 Å². The Morgan fingerprint density at radius 3 is 2.52 bits per heavy atom. The third kappa shape index (κ3) is 3.20. The molecule has 0 aliphatic rings. The summed E-state index contributed by atoms with van der Waals surface area (Å²) in [7, 11) is -3.76. The van der Waals surface area contributed by atoms with Crippen LogP contribution in [0.15, 0.2) is 59.9 Å². The molecule has 0 radical (unpaired) electrons. The van der Waals surface area contributed by atoms with E-state index < -0.39 is 10.0 Å². The summed E-state index contributed by atoms with van der Waals surface area (Å²) >= 11 is 5.94. The molecule has 0 bridgehead atoms. The van der Waals surface area contributed by atoms with Crippen LogP contribution >= 0.6 is 11.6 Å². The summed E-state index contributed by atoms with van der Waals surface area (Å²) in [6, 6.07) is 9.60. The number of aromatic nitrogens is 3. The Labute approximate surface area is 138 Å². The van der Waals surface area contributed by atoms with Crippen LogP contribution in [-0.2, 0) is 10.0 Å². The van der Waals surface area contributed by atoms with Crippen molar-refractivity contribution in [2.24, 2.45) is 0 Å². The number of halogens is 1. The molecule has 8 heteroatoms. The van der Waals surface area contributed by atoms with Gasteiger partial charge in [0.15, 0.2) is 0 Å². The van der Waals surface area contributed by atoms with Gasteiger partial charge in [0.05, 0.1) is 16.9 Å². The van der Waals surface area contributed by atoms with Gasteiger partial charge in [-0.05, 0) is 31.2 Å². The van der Waals surface area contributed by atoms with Crippen LogP contribution in [-0.4, -0.2) is 23.0 Å². The van der Waals surface area contributed by atoms with E-state index in [0.717, 1.165) is 5.82 Å². The van der Waals surface area contributed by atoms with Crippen LogP contribution in [0.2, 0.25) is 5.02 Å². The van der Waals surface area contributed by atoms with Gasteiger partial charge >= 0.3 is 0 Å². The summed E-state index contributed by atoms with van der Waals surface area (Å²) in [4.78, 5) is 8.39. The van der Waals surface area contributed by atoms with Crippen molar-refractivity contribution in [2.75, 3.05) is 4.72 Å². The minimum Gasteiger partial charge on any atom is -0.288 e. The van der Waals surface area contributed by atoms with Gasteiger partial charge in [0.1, 0.15) is 16.5 Å². The van der Waals surface area contributed by atoms with E-state index in [1.165, 1.54) is 18.3 Å². The summed E-state index contributed by atoms with van der Waals surface area (Å²) < 4.78 is 29.0. The Morgan fingerprint density at radius 2 is 1.91 bits per heavy atom. The second-order valence-corrected chi connectivity index (χ2v) is 6.84. The quantitative estimate of drug-likeness (QED) is 0.786. The zero-order chi connectivity index (χ0) is 16.4. The number of benzene rings is 1. The number of nitrogens with one attached hydrogen (secondary N) is 1. The molecule has 0 spiro atoms. The Kier molecular flexibility index (Phi) is 4.06. The van der Waals surface area contributed by atoms with Crippen LogP contribution in [0.5, 0.6) is 0 Å². The van der Waals surface area contributed by atoms with Crippen molar-refractivity contribution < 1.29 is 8.42 Å². The molecule has 118 valence electrons. The standard InChI is InChI=1S/C15H13ClN4O2S/c1-11-17-8-9-20(11)15-7-6-12(10-18-15)19-23(21,22)14-5-3-2-4-13(14)16/h2-10,19H,1H3. The normalized spacial score (nSPS) is 11.4. The Hall–Kier alpha value is -2.38. The fourth-order valence-electron chi connectivity index (χ4n) is 2.08. The van der Waals surface area contributed by atoms with E-state index in [0.29, 0.717) is 11.5 Å². The Bertz CT molecular complexity index is 936. The van der Waals surface area contributed by atoms with Gasteiger partial charge < -0.3 is 0 Å². The van der Waals surface area contributed by atoms with Gasteiger partial charge in [-0.25, -0.2) is 18.4 Å². The van der Waals surface area contributed by atoms with Crippen LogP contribution in [0.4, 0.5) is 5.69 Å². The lowest BCUT2D eigenvalue weighted by Crippen LogP contribution is -2.13. The molecule has 2 aromatic heterocycles. The second kappa shape index (κ2) is 6.02. The fourth-order valence-corrected chi connectivity index (χ4v) is 3.65. The van der Waals surface area contributed by atoms with Gasteiger partial charge in [-0.3, -0.25) is 9.29 Å². The molecule has 3 rings (SSSR count). The van der Waals surface area contributed by atoms with Crippen molar-refractivity contribution >= 4 is 27.3 Å². The highest BCUT2D eigenvalue weighted by molar-refractivity contribution is 7.92. The fraction of sp³-hybridized carbons (Fsp3) is 0.0667. The lowest BCUT2D eigenvalue weighted by molar-refractivity contribution is 0.601. The zero-order valence-corrected chi connectivity index (χ0v) is 13.7. The molecular weight excluding hydrogens is 336 g/mol. The minimum atomic E-state index is -3.76. The van der Waals surface area contributed by atoms with E-state index in [2.05, 4.69) is 14.7 Å². The number of nitrogens with zero attached hydrogens (tertiary/aromatic N) is 3. The monoisotopic (exact) mass is 348 g/mol. The van der Waals surface area contributed by atoms with Crippen LogP contribution in [0.1, 0.15) is 5.82 Å². The first-order valence-electron chi connectivity index (χ1n) is 6.71. The van der Waals surface area contributed by atoms with E-state index >= 15 is 0 Å². The molecule has 0 aliphatic heterocycles. The van der Waals surface area contributed by atoms with Gasteiger partial charge in [-0.15, -0.1) is 0 Å². The lowest BCUT2D eigenvalue weighted by Gasteiger charge is -2.10. The summed E-state index contributed by atoms with van der Waals surface area (Å²) in [6.45, 7) is 1.86. The first-order valence-corrected chi connectivity index (χ1v) is 8.57. The van der Waals surface area contributed by atoms with E-state index in [4.69, 9.17) is 11.6 Å². The number of rotatable bonds is 4. The smallest absolute Gasteiger partial charge is 0.263 e. The average molecular weight is 349 g/mol. The third-order valence-corrected chi connectivity index (χ3v) is 5.08. The van der Waals surface area contributed by atoms with Crippen LogP contribution < -0.4 is 4.72 Å². The lowest BCUT2D eigenvalue weighted by atomic mass is 10.4. The number of hydrogen-bond donors (Lipinski definition) is 1. The largest absolute Gasteiger partial charge is 0.288 e. The molecule has 0 saturated heterocycles. The molecule has 0 atom stereocenters. The molecule has 3 aromatic rings. The predicted octanol–water partition coefficient (Wildman–Crippen LogP) is 3.03. The summed E-state index contributed by atoms with van der Waals surface area (Å²) in [5, 5.41) is 0.165. The van der Waals surface area contributed by atoms with Crippen molar-refractivity contribution in [1.29, 1.82) is 0 Å². The van der Waals surface area contributed by atoms with E-state index in [-0.39, 0.29) is 9.92 Å². The van der Waals surface area contributed by atoms with Crippen molar-refractivity contribution in [1.82, 2.24) is 14.5 Å². The maximum Gasteiger partial charge on any atom is 0.263 e. The van der Waals surface area contributed by atoms with Gasteiger partial charge in [-0.1, -0.05) is 23.7 Å². The Balaban J connectivity index is 1.87. The molecule has 0 aliphatic carbocycles. The maximum absolute atomic E-state index is 12.4. The predicted molar refractivity (Wildman–Crippen MR) is 88.4 cm³/mol. The van der Waals surface area contributed by atoms with E-state index in [9.17, 15) is 8.42 Å². The summed E-state index contributed by atoms with van der Waals surface area (Å²) in [6.07, 6.45) is 4.90. The summed E-state index contributed by atoms with van der Waals surface area (Å²) in [5.41, 5.74) is 0.353. The topological polar surface area (TPSA) is 76.9 Å². The minimum absolute atomic E-state index is 0.0243. The van der Waals surface area contributed by atoms with Crippen molar-refractivity contribution in [3.63, 3.8) is 0 Å². The molecule has 0 amide bonds. The highest BCUT2D eigenvalue weighted by atomic mass is 35.5. The SMILES string of the molecule is Cc1nccn1-c1ccc(NS(=O)(=O)c2ccccc2Cl)cn1. The van der Waals surface area contributed by atoms with Gasteiger partial charge in [-0.2, -0.15) is 0 Å². The highest BCUT2D eigenvalue weighted by Gasteiger charge is 2.17. The number of sulfonamides is 1. The molecule has 1 aromatic carbocycles. The van der Waals surface area contributed by atoms with Gasteiger partial charge in [0.25, 0.3) is 10.0 Å². The number of hydrogen-bond acceptors (Lipinski definition) is 4. The second-order valence-electron chi connectivity index (χ2n) is 4.79. The molecule has 0 fully saturated rings. The molecule has 0 saturated carbocycles. The van der Waals surface area contributed by atoms with E-state index in [1.807, 2.05) is 6.92 Å². The van der Waals surface area contributed by atoms with Gasteiger partial charge in [0.2, 0.25) is 0 Å². The summed E-state index contributed by atoms with van der Waals surface area (Å²) in [5.74, 6) is 1.45. The van der Waals surface area contributed by atoms with Crippen molar-refractivity contribution in [3.05, 3.63) is 65.8 Å². The van der Waals surface area contributed by atoms with Crippen LogP contribution in [0.3, 0.4) is 0 Å². The van der Waals surface area contributed by atoms with Crippen molar-refractivity contribution in [3.8, 4) is 5.82 Å². The number of anilines is 1. The van der Waals surface area contributed by atoms with E-state index in [1.54, 1.807) is 41.2 Å². The average Bonchev–Trinajstić information content (AvgIpc) is 2.94. The molecule has 0 unspecified atom stereocenters. The molecular formula is C15H13ClN4O2S. The van der Waals surface area contributed by atoms with Crippen LogP contribution in [0, 0.1) is 6.92 Å². The first-order chi connectivity index (χ1) is 11.0. The maximum atomic E-state index is 12.4. The highest BCUT2D eigenvalue weighted by Crippen LogP contribution is 2.23. The molecule has 6 nitrogen and oxygen atoms in total. The number of imidazole rings is 1. The number of aryl methyl sites for hydroxylation is 1. The molecule has 23 heavy (non-hydrogen) atoms. The van der Waals surface area contributed by atoms with Crippen molar-refractivity contribution in [2.45, 2.75) is 11.8 Å². The first kappa shape index (κ1) is 15.5. The third-order valence-electron chi connectivity index (χ3n) is 3.20. The molecule has 2 heterocycles. The zero-order valence-electron chi connectivity index (χ0n) is 12.1. The Morgan fingerprint density at radius 1 is 1.13 bits per heavy atom. The number of pyridine rings is 1. The molecule has 1 N–H and O–H groups in total.